The Bertz CT molecular complexity index is 2180. The lowest BCUT2D eigenvalue weighted by atomic mass is 9.82. The molecular formula is C46H44N4. The van der Waals surface area contributed by atoms with E-state index in [0.29, 0.717) is 34.4 Å². The van der Waals surface area contributed by atoms with Crippen molar-refractivity contribution >= 4 is 44.1 Å². The molecule has 0 bridgehead atoms. The Balaban J connectivity index is 1.21. The summed E-state index contributed by atoms with van der Waals surface area (Å²) in [4.78, 5) is 0. The summed E-state index contributed by atoms with van der Waals surface area (Å²) in [7, 11) is 0. The Labute approximate surface area is 295 Å². The summed E-state index contributed by atoms with van der Waals surface area (Å²) in [6, 6.07) is 42.3. The molecule has 0 spiro atoms. The number of benzene rings is 6. The molecule has 50 heavy (non-hydrogen) atoms. The van der Waals surface area contributed by atoms with Crippen molar-refractivity contribution in [1.82, 2.24) is 0 Å². The number of fused-ring (bicyclic) bond motifs is 2. The zero-order chi connectivity index (χ0) is 35.1. The molecule has 0 heterocycles. The molecular weight excluding hydrogens is 609 g/mol. The van der Waals surface area contributed by atoms with E-state index < -0.39 is 0 Å². The summed E-state index contributed by atoms with van der Waals surface area (Å²) in [5, 5.41) is 23.2. The highest BCUT2D eigenvalue weighted by Crippen LogP contribution is 2.37. The second-order valence-electron chi connectivity index (χ2n) is 14.3. The second-order valence-corrected chi connectivity index (χ2v) is 14.3. The van der Waals surface area contributed by atoms with Crippen LogP contribution in [-0.2, 0) is 12.8 Å². The molecule has 0 aliphatic heterocycles. The SMILES string of the molecule is CC(C)Cc1ccc(-c2ccc(C3=C(N)C(N)=C(c4ccc(-c5ccc(CC(C)C)c6ccccc56)cc4)C(=N)C3=N)cc2)c2ccccc12. The van der Waals surface area contributed by atoms with E-state index in [2.05, 4.69) is 125 Å². The molecule has 4 heteroatoms. The summed E-state index contributed by atoms with van der Waals surface area (Å²) >= 11 is 0. The van der Waals surface area contributed by atoms with Crippen LogP contribution in [0.25, 0.3) is 54.9 Å². The van der Waals surface area contributed by atoms with Crippen molar-refractivity contribution in [2.75, 3.05) is 0 Å². The summed E-state index contributed by atoms with van der Waals surface area (Å²) in [5.41, 5.74) is 23.9. The van der Waals surface area contributed by atoms with Crippen LogP contribution in [-0.4, -0.2) is 11.4 Å². The Hall–Kier alpha value is -5.74. The van der Waals surface area contributed by atoms with Crippen LogP contribution in [0.15, 0.2) is 133 Å². The van der Waals surface area contributed by atoms with Gasteiger partial charge in [-0.05, 0) is 90.7 Å². The molecule has 0 atom stereocenters. The summed E-state index contributed by atoms with van der Waals surface area (Å²) in [5.74, 6) is 1.15. The monoisotopic (exact) mass is 652 g/mol. The number of nitrogens with one attached hydrogen (secondary N) is 2. The molecule has 0 saturated carbocycles. The van der Waals surface area contributed by atoms with Crippen LogP contribution in [0, 0.1) is 22.7 Å². The molecule has 4 nitrogen and oxygen atoms in total. The first-order valence-corrected chi connectivity index (χ1v) is 17.5. The van der Waals surface area contributed by atoms with Crippen LogP contribution in [0.2, 0.25) is 0 Å². The maximum atomic E-state index is 9.08. The molecule has 0 saturated heterocycles. The largest absolute Gasteiger partial charge is 0.396 e. The maximum absolute atomic E-state index is 9.08. The smallest absolute Gasteiger partial charge is 0.0896 e. The van der Waals surface area contributed by atoms with Gasteiger partial charge in [-0.1, -0.05) is 149 Å². The van der Waals surface area contributed by atoms with Crippen LogP contribution >= 0.6 is 0 Å². The average molecular weight is 653 g/mol. The van der Waals surface area contributed by atoms with Gasteiger partial charge < -0.3 is 11.5 Å². The van der Waals surface area contributed by atoms with Crippen molar-refractivity contribution in [3.05, 3.63) is 155 Å². The topological polar surface area (TPSA) is 99.7 Å². The van der Waals surface area contributed by atoms with Gasteiger partial charge in [0, 0.05) is 11.1 Å². The number of hydrogen-bond donors (Lipinski definition) is 4. The van der Waals surface area contributed by atoms with Gasteiger partial charge in [-0.2, -0.15) is 0 Å². The van der Waals surface area contributed by atoms with Crippen molar-refractivity contribution in [1.29, 1.82) is 10.8 Å². The molecule has 0 aromatic heterocycles. The highest BCUT2D eigenvalue weighted by molar-refractivity contribution is 6.68. The van der Waals surface area contributed by atoms with Gasteiger partial charge in [-0.3, -0.25) is 10.8 Å². The normalized spacial score (nSPS) is 13.8. The number of hydrogen-bond acceptors (Lipinski definition) is 4. The minimum Gasteiger partial charge on any atom is -0.396 e. The molecule has 0 radical (unpaired) electrons. The van der Waals surface area contributed by atoms with E-state index in [1.54, 1.807) is 0 Å². The zero-order valence-corrected chi connectivity index (χ0v) is 29.3. The van der Waals surface area contributed by atoms with Crippen molar-refractivity contribution in [2.24, 2.45) is 23.3 Å². The van der Waals surface area contributed by atoms with Gasteiger partial charge in [0.25, 0.3) is 0 Å². The van der Waals surface area contributed by atoms with Crippen LogP contribution in [0.4, 0.5) is 0 Å². The Morgan fingerprint density at radius 1 is 0.420 bits per heavy atom. The van der Waals surface area contributed by atoms with Gasteiger partial charge in [0.1, 0.15) is 0 Å². The van der Waals surface area contributed by atoms with Gasteiger partial charge in [0.05, 0.1) is 22.8 Å². The van der Waals surface area contributed by atoms with E-state index in [1.165, 1.54) is 32.7 Å². The zero-order valence-electron chi connectivity index (χ0n) is 29.3. The minimum atomic E-state index is 0.0683. The standard InChI is InChI=1S/C46H44N4/c1-27(2)25-33-21-23-37(39-11-7-5-9-35(33)39)29-13-17-31(18-14-29)41-43(47)45(49)42(46(50)44(41)48)32-19-15-30(16-20-32)38-24-22-34(26-28(3)4)36-10-6-8-12-40(36)38/h5-24,27-28,47,49H,25-26,48,50H2,1-4H3. The minimum absolute atomic E-state index is 0.0683. The maximum Gasteiger partial charge on any atom is 0.0896 e. The second kappa shape index (κ2) is 13.3. The number of nitrogens with two attached hydrogens (primary N) is 2. The third kappa shape index (κ3) is 5.92. The highest BCUT2D eigenvalue weighted by Gasteiger charge is 2.29. The lowest BCUT2D eigenvalue weighted by Gasteiger charge is -2.24. The fraction of sp³-hybridized carbons (Fsp3) is 0.174. The van der Waals surface area contributed by atoms with Gasteiger partial charge in [-0.15, -0.1) is 0 Å². The summed E-state index contributed by atoms with van der Waals surface area (Å²) in [6.45, 7) is 9.00. The van der Waals surface area contributed by atoms with Crippen molar-refractivity contribution in [3.63, 3.8) is 0 Å². The molecule has 7 rings (SSSR count). The first-order valence-electron chi connectivity index (χ1n) is 17.5. The van der Waals surface area contributed by atoms with Gasteiger partial charge >= 0.3 is 0 Å². The molecule has 1 aliphatic carbocycles. The van der Waals surface area contributed by atoms with Crippen molar-refractivity contribution in [2.45, 2.75) is 40.5 Å². The Morgan fingerprint density at radius 3 is 1.08 bits per heavy atom. The van der Waals surface area contributed by atoms with Crippen LogP contribution in [0.3, 0.4) is 0 Å². The molecule has 6 aromatic carbocycles. The van der Waals surface area contributed by atoms with E-state index in [9.17, 15) is 0 Å². The first kappa shape index (κ1) is 32.8. The fourth-order valence-corrected chi connectivity index (χ4v) is 7.48. The van der Waals surface area contributed by atoms with E-state index in [0.717, 1.165) is 46.2 Å². The summed E-state index contributed by atoms with van der Waals surface area (Å²) in [6.07, 6.45) is 2.07. The Morgan fingerprint density at radius 2 is 0.740 bits per heavy atom. The third-order valence-electron chi connectivity index (χ3n) is 9.83. The van der Waals surface area contributed by atoms with Crippen LogP contribution in [0.5, 0.6) is 0 Å². The fourth-order valence-electron chi connectivity index (χ4n) is 7.48. The third-order valence-corrected chi connectivity index (χ3v) is 9.83. The highest BCUT2D eigenvalue weighted by atomic mass is 14.8. The lowest BCUT2D eigenvalue weighted by molar-refractivity contribution is 0.650. The Kier molecular flexibility index (Phi) is 8.71. The lowest BCUT2D eigenvalue weighted by Crippen LogP contribution is -2.29. The van der Waals surface area contributed by atoms with Gasteiger partial charge in [-0.25, -0.2) is 0 Å². The first-order chi connectivity index (χ1) is 24.1. The van der Waals surface area contributed by atoms with Crippen molar-refractivity contribution < 1.29 is 0 Å². The quantitative estimate of drug-likeness (QED) is 0.123. The van der Waals surface area contributed by atoms with E-state index in [4.69, 9.17) is 22.3 Å². The van der Waals surface area contributed by atoms with Crippen LogP contribution in [0.1, 0.15) is 49.9 Å². The molecule has 6 N–H and O–H groups in total. The molecule has 0 amide bonds. The van der Waals surface area contributed by atoms with E-state index in [1.807, 2.05) is 24.3 Å². The van der Waals surface area contributed by atoms with Gasteiger partial charge in [0.2, 0.25) is 0 Å². The molecule has 6 aromatic rings. The summed E-state index contributed by atoms with van der Waals surface area (Å²) < 4.78 is 0. The van der Waals surface area contributed by atoms with Gasteiger partial charge in [0.15, 0.2) is 0 Å². The van der Waals surface area contributed by atoms with E-state index in [-0.39, 0.29) is 11.4 Å². The average Bonchev–Trinajstić information content (AvgIpc) is 3.12. The molecule has 0 unspecified atom stereocenters. The molecule has 1 aliphatic rings. The molecule has 0 fully saturated rings. The van der Waals surface area contributed by atoms with Crippen LogP contribution < -0.4 is 11.5 Å². The van der Waals surface area contributed by atoms with Crippen molar-refractivity contribution in [3.8, 4) is 22.3 Å². The predicted molar refractivity (Wildman–Crippen MR) is 214 cm³/mol. The molecule has 248 valence electrons. The van der Waals surface area contributed by atoms with E-state index >= 15 is 0 Å². The predicted octanol–water partition coefficient (Wildman–Crippen LogP) is 10.8. The number of rotatable bonds is 8. The number of allylic oxidation sites excluding steroid dienone is 2.